The highest BCUT2D eigenvalue weighted by atomic mass is 16.2. The van der Waals surface area contributed by atoms with Crippen LogP contribution in [0.3, 0.4) is 0 Å². The summed E-state index contributed by atoms with van der Waals surface area (Å²) in [5.74, 6) is -0.593. The summed E-state index contributed by atoms with van der Waals surface area (Å²) < 4.78 is 1.62. The molecule has 2 heterocycles. The zero-order valence-electron chi connectivity index (χ0n) is 16.1. The van der Waals surface area contributed by atoms with Gasteiger partial charge in [0, 0.05) is 17.6 Å². The number of benzene rings is 2. The van der Waals surface area contributed by atoms with Crippen molar-refractivity contribution in [2.24, 2.45) is 0 Å². The second-order valence-corrected chi connectivity index (χ2v) is 6.78. The minimum absolute atomic E-state index is 0.149. The van der Waals surface area contributed by atoms with E-state index in [2.05, 4.69) is 15.6 Å². The second-order valence-electron chi connectivity index (χ2n) is 6.78. The summed E-state index contributed by atoms with van der Waals surface area (Å²) in [5.41, 5.74) is 4.10. The van der Waals surface area contributed by atoms with Crippen LogP contribution in [0, 0.1) is 13.8 Å². The quantitative estimate of drug-likeness (QED) is 0.546. The number of anilines is 2. The van der Waals surface area contributed by atoms with Gasteiger partial charge in [-0.1, -0.05) is 42.5 Å². The van der Waals surface area contributed by atoms with Crippen molar-refractivity contribution < 1.29 is 9.59 Å². The van der Waals surface area contributed by atoms with Gasteiger partial charge in [0.1, 0.15) is 0 Å². The van der Waals surface area contributed by atoms with Crippen LogP contribution < -0.4 is 10.6 Å². The van der Waals surface area contributed by atoms with Gasteiger partial charge in [-0.2, -0.15) is 0 Å². The van der Waals surface area contributed by atoms with Gasteiger partial charge in [-0.3, -0.25) is 14.0 Å². The van der Waals surface area contributed by atoms with Crippen LogP contribution in [0.4, 0.5) is 11.4 Å². The fraction of sp³-hybridized carbons (Fsp3) is 0.0870. The van der Waals surface area contributed by atoms with Crippen LogP contribution in [0.5, 0.6) is 0 Å². The predicted molar refractivity (Wildman–Crippen MR) is 113 cm³/mol. The number of rotatable bonds is 4. The van der Waals surface area contributed by atoms with E-state index in [9.17, 15) is 9.59 Å². The summed E-state index contributed by atoms with van der Waals surface area (Å²) in [7, 11) is 0. The summed E-state index contributed by atoms with van der Waals surface area (Å²) in [6.07, 6.45) is 1.72. The normalized spacial score (nSPS) is 10.7. The minimum Gasteiger partial charge on any atom is -0.320 e. The molecular weight excluding hydrogens is 364 g/mol. The smallest absolute Gasteiger partial charge is 0.292 e. The number of hydrogen-bond donors (Lipinski definition) is 2. The molecule has 0 spiro atoms. The molecule has 2 amide bonds. The molecule has 0 atom stereocenters. The van der Waals surface area contributed by atoms with Crippen molar-refractivity contribution in [1.82, 2.24) is 9.38 Å². The van der Waals surface area contributed by atoms with E-state index in [-0.39, 0.29) is 23.3 Å². The Morgan fingerprint density at radius 1 is 0.793 bits per heavy atom. The lowest BCUT2D eigenvalue weighted by Gasteiger charge is -2.10. The van der Waals surface area contributed by atoms with Gasteiger partial charge in [0.15, 0.2) is 5.69 Å². The van der Waals surface area contributed by atoms with Crippen molar-refractivity contribution in [3.8, 4) is 0 Å². The Bertz CT molecular complexity index is 1190. The number of carbonyl (C=O) groups is 2. The first-order chi connectivity index (χ1) is 14.0. The number of hydrogen-bond acceptors (Lipinski definition) is 3. The summed E-state index contributed by atoms with van der Waals surface area (Å²) in [5, 5.41) is 5.76. The number of fused-ring (bicyclic) bond motifs is 1. The van der Waals surface area contributed by atoms with Crippen LogP contribution in [0.2, 0.25) is 0 Å². The van der Waals surface area contributed by atoms with Crippen molar-refractivity contribution >= 4 is 28.7 Å². The summed E-state index contributed by atoms with van der Waals surface area (Å²) in [6, 6.07) is 20.3. The van der Waals surface area contributed by atoms with E-state index in [1.807, 2.05) is 56.3 Å². The van der Waals surface area contributed by atoms with Crippen LogP contribution in [0.1, 0.15) is 32.2 Å². The summed E-state index contributed by atoms with van der Waals surface area (Å²) in [6.45, 7) is 3.87. The lowest BCUT2D eigenvalue weighted by Crippen LogP contribution is -2.17. The van der Waals surface area contributed by atoms with E-state index < -0.39 is 0 Å². The number of imidazole rings is 1. The number of nitrogens with one attached hydrogen (secondary N) is 2. The molecule has 29 heavy (non-hydrogen) atoms. The topological polar surface area (TPSA) is 75.5 Å². The number of carbonyl (C=O) groups excluding carboxylic acids is 2. The third-order valence-electron chi connectivity index (χ3n) is 4.72. The van der Waals surface area contributed by atoms with Gasteiger partial charge in [-0.15, -0.1) is 0 Å². The maximum absolute atomic E-state index is 13.0. The number of nitrogens with zero attached hydrogens (tertiary/aromatic N) is 2. The summed E-state index contributed by atoms with van der Waals surface area (Å²) >= 11 is 0. The van der Waals surface area contributed by atoms with Crippen molar-refractivity contribution in [1.29, 1.82) is 0 Å². The van der Waals surface area contributed by atoms with Gasteiger partial charge in [-0.05, 0) is 49.2 Å². The van der Waals surface area contributed by atoms with Crippen LogP contribution in [-0.4, -0.2) is 21.2 Å². The zero-order chi connectivity index (χ0) is 20.4. The van der Waals surface area contributed by atoms with E-state index in [1.165, 1.54) is 0 Å². The third kappa shape index (κ3) is 3.60. The molecule has 0 bridgehead atoms. The van der Waals surface area contributed by atoms with Crippen molar-refractivity contribution in [3.05, 3.63) is 95.6 Å². The Kier molecular flexibility index (Phi) is 4.83. The molecule has 0 saturated heterocycles. The monoisotopic (exact) mass is 384 g/mol. The molecule has 6 nitrogen and oxygen atoms in total. The molecular formula is C23H20N4O2. The first-order valence-electron chi connectivity index (χ1n) is 9.25. The molecule has 0 radical (unpaired) electrons. The highest BCUT2D eigenvalue weighted by Gasteiger charge is 2.22. The Hall–Kier alpha value is -3.93. The maximum Gasteiger partial charge on any atom is 0.292 e. The van der Waals surface area contributed by atoms with Gasteiger partial charge in [-0.25, -0.2) is 4.98 Å². The molecule has 2 aromatic heterocycles. The highest BCUT2D eigenvalue weighted by molar-refractivity contribution is 6.10. The lowest BCUT2D eigenvalue weighted by atomic mass is 10.1. The molecule has 0 aliphatic heterocycles. The number of para-hydroxylation sites is 2. The number of pyridine rings is 1. The molecule has 0 aliphatic carbocycles. The molecule has 4 aromatic rings. The SMILES string of the molecule is Cc1cccc(C)c1NC(=O)c1nc(C(=O)Nc2ccccc2)n2ccccc12. The zero-order valence-corrected chi connectivity index (χ0v) is 16.1. The average Bonchev–Trinajstić information content (AvgIpc) is 3.11. The molecule has 4 rings (SSSR count). The average molecular weight is 384 g/mol. The maximum atomic E-state index is 13.0. The largest absolute Gasteiger partial charge is 0.320 e. The van der Waals surface area contributed by atoms with Crippen LogP contribution >= 0.6 is 0 Å². The lowest BCUT2D eigenvalue weighted by molar-refractivity contribution is 0.101. The third-order valence-corrected chi connectivity index (χ3v) is 4.72. The molecule has 144 valence electrons. The van der Waals surface area contributed by atoms with Crippen LogP contribution in [-0.2, 0) is 0 Å². The summed E-state index contributed by atoms with van der Waals surface area (Å²) in [4.78, 5) is 30.2. The standard InChI is InChI=1S/C23H20N4O2/c1-15-9-8-10-16(2)19(15)26-22(28)20-18-13-6-7-14-27(18)21(25-20)23(29)24-17-11-4-3-5-12-17/h3-14H,1-2H3,(H,24,29)(H,26,28). The van der Waals surface area contributed by atoms with Gasteiger partial charge >= 0.3 is 0 Å². The Morgan fingerprint density at radius 3 is 2.21 bits per heavy atom. The van der Waals surface area contributed by atoms with Gasteiger partial charge in [0.05, 0.1) is 5.52 Å². The fourth-order valence-corrected chi connectivity index (χ4v) is 3.26. The van der Waals surface area contributed by atoms with E-state index in [0.717, 1.165) is 16.8 Å². The van der Waals surface area contributed by atoms with Gasteiger partial charge in [0.2, 0.25) is 5.82 Å². The van der Waals surface area contributed by atoms with Crippen LogP contribution in [0.15, 0.2) is 72.9 Å². The Morgan fingerprint density at radius 2 is 1.48 bits per heavy atom. The molecule has 2 aromatic carbocycles. The van der Waals surface area contributed by atoms with E-state index >= 15 is 0 Å². The van der Waals surface area contributed by atoms with Gasteiger partial charge in [0.25, 0.3) is 11.8 Å². The minimum atomic E-state index is -0.386. The van der Waals surface area contributed by atoms with E-state index in [0.29, 0.717) is 11.2 Å². The first kappa shape index (κ1) is 18.4. The molecule has 0 unspecified atom stereocenters. The molecule has 0 saturated carbocycles. The Labute approximate surface area is 168 Å². The first-order valence-corrected chi connectivity index (χ1v) is 9.25. The second kappa shape index (κ2) is 7.59. The predicted octanol–water partition coefficient (Wildman–Crippen LogP) is 4.46. The molecule has 0 fully saturated rings. The number of amides is 2. The van der Waals surface area contributed by atoms with Crippen molar-refractivity contribution in [2.45, 2.75) is 13.8 Å². The van der Waals surface area contributed by atoms with E-state index in [4.69, 9.17) is 0 Å². The van der Waals surface area contributed by atoms with Gasteiger partial charge < -0.3 is 10.6 Å². The number of aryl methyl sites for hydroxylation is 2. The fourth-order valence-electron chi connectivity index (χ4n) is 3.26. The van der Waals surface area contributed by atoms with Crippen molar-refractivity contribution in [2.75, 3.05) is 10.6 Å². The molecule has 2 N–H and O–H groups in total. The van der Waals surface area contributed by atoms with E-state index in [1.54, 1.807) is 34.9 Å². The molecule has 6 heteroatoms. The number of aromatic nitrogens is 2. The van der Waals surface area contributed by atoms with Crippen LogP contribution in [0.25, 0.3) is 5.52 Å². The Balaban J connectivity index is 1.70. The highest BCUT2D eigenvalue weighted by Crippen LogP contribution is 2.22. The van der Waals surface area contributed by atoms with Crippen molar-refractivity contribution in [3.63, 3.8) is 0 Å². The molecule has 0 aliphatic rings.